The van der Waals surface area contributed by atoms with Gasteiger partial charge in [-0.2, -0.15) is 0 Å². The van der Waals surface area contributed by atoms with Crippen molar-refractivity contribution in [2.24, 2.45) is 0 Å². The highest BCUT2D eigenvalue weighted by Crippen LogP contribution is 2.18. The average molecular weight is 300 g/mol. The number of carboxylic acids is 2. The van der Waals surface area contributed by atoms with Gasteiger partial charge in [-0.05, 0) is 18.2 Å². The Hall–Kier alpha value is -3.15. The van der Waals surface area contributed by atoms with Gasteiger partial charge in [-0.3, -0.25) is 0 Å². The highest BCUT2D eigenvalue weighted by Gasteiger charge is 2.19. The molecule has 0 aromatic heterocycles. The molecule has 0 saturated carbocycles. The Balaban J connectivity index is 0.000000162. The Morgan fingerprint density at radius 3 is 1.86 bits per heavy atom. The summed E-state index contributed by atoms with van der Waals surface area (Å²) in [5.74, 6) is -2.66. The molecule has 0 aliphatic carbocycles. The Kier molecular flexibility index (Phi) is 4.53. The van der Waals surface area contributed by atoms with E-state index in [1.165, 1.54) is 24.3 Å². The van der Waals surface area contributed by atoms with Crippen molar-refractivity contribution in [3.8, 4) is 0 Å². The molecule has 2 N–H and O–H groups in total. The summed E-state index contributed by atoms with van der Waals surface area (Å²) in [6.07, 6.45) is 0. The summed E-state index contributed by atoms with van der Waals surface area (Å²) >= 11 is 0. The molecule has 2 aromatic rings. The first-order valence-electron chi connectivity index (χ1n) is 6.31. The Morgan fingerprint density at radius 1 is 0.864 bits per heavy atom. The molecule has 1 heterocycles. The lowest BCUT2D eigenvalue weighted by Crippen LogP contribution is -2.06. The molecule has 6 heteroatoms. The predicted molar refractivity (Wildman–Crippen MR) is 75.9 cm³/mol. The van der Waals surface area contributed by atoms with Crippen LogP contribution in [0.15, 0.2) is 48.5 Å². The summed E-state index contributed by atoms with van der Waals surface area (Å²) in [5.41, 5.74) is 1.32. The van der Waals surface area contributed by atoms with Crippen molar-refractivity contribution in [1.82, 2.24) is 0 Å². The number of cyclic esters (lactones) is 1. The molecule has 0 bridgehead atoms. The Labute approximate surface area is 125 Å². The molecule has 1 aliphatic rings. The summed E-state index contributed by atoms with van der Waals surface area (Å²) in [5, 5.41) is 17.1. The number of carbonyl (C=O) groups excluding carboxylic acids is 1. The van der Waals surface area contributed by atoms with Gasteiger partial charge in [0.05, 0.1) is 16.7 Å². The minimum absolute atomic E-state index is 0.190. The Morgan fingerprint density at radius 2 is 1.36 bits per heavy atom. The fraction of sp³-hybridized carbons (Fsp3) is 0.0625. The van der Waals surface area contributed by atoms with Crippen molar-refractivity contribution in [3.63, 3.8) is 0 Å². The van der Waals surface area contributed by atoms with Crippen LogP contribution in [0.5, 0.6) is 0 Å². The molecule has 1 aliphatic heterocycles. The SMILES string of the molecule is O=C(O)c1ccccc1C(=O)O.O=C1OCc2ccccc21. The van der Waals surface area contributed by atoms with E-state index in [1.54, 1.807) is 6.07 Å². The van der Waals surface area contributed by atoms with Gasteiger partial charge in [0.2, 0.25) is 0 Å². The standard InChI is InChI=1S/C8H6O4.C8H6O2/c9-7(10)5-3-1-2-4-6(5)8(11)12;9-8-7-4-2-1-3-6(7)5-10-8/h1-4H,(H,9,10)(H,11,12);1-4H,5H2. The maximum absolute atomic E-state index is 10.8. The van der Waals surface area contributed by atoms with Gasteiger partial charge in [-0.15, -0.1) is 0 Å². The lowest BCUT2D eigenvalue weighted by atomic mass is 10.1. The fourth-order valence-corrected chi connectivity index (χ4v) is 1.92. The number of benzene rings is 2. The molecule has 0 spiro atoms. The second-order valence-electron chi connectivity index (χ2n) is 4.39. The normalized spacial score (nSPS) is 11.7. The van der Waals surface area contributed by atoms with Gasteiger partial charge in [-0.25, -0.2) is 14.4 Å². The third-order valence-corrected chi connectivity index (χ3v) is 2.98. The number of fused-ring (bicyclic) bond motifs is 1. The third-order valence-electron chi connectivity index (χ3n) is 2.98. The molecular formula is C16H12O6. The van der Waals surface area contributed by atoms with Crippen molar-refractivity contribution < 1.29 is 29.3 Å². The molecule has 0 fully saturated rings. The summed E-state index contributed by atoms with van der Waals surface area (Å²) in [6.45, 7) is 0.439. The Bertz CT molecular complexity index is 702. The summed E-state index contributed by atoms with van der Waals surface area (Å²) < 4.78 is 4.78. The molecule has 2 aromatic carbocycles. The molecule has 0 saturated heterocycles. The van der Waals surface area contributed by atoms with E-state index >= 15 is 0 Å². The number of hydrogen-bond donors (Lipinski definition) is 2. The van der Waals surface area contributed by atoms with Crippen LogP contribution >= 0.6 is 0 Å². The number of carboxylic acid groups (broad SMARTS) is 2. The lowest BCUT2D eigenvalue weighted by molar-refractivity contribution is 0.0534. The maximum Gasteiger partial charge on any atom is 0.338 e. The number of hydrogen-bond acceptors (Lipinski definition) is 4. The minimum atomic E-state index is -1.23. The van der Waals surface area contributed by atoms with Crippen LogP contribution in [0.3, 0.4) is 0 Å². The van der Waals surface area contributed by atoms with Crippen LogP contribution in [0.25, 0.3) is 0 Å². The van der Waals surface area contributed by atoms with Crippen molar-refractivity contribution in [2.75, 3.05) is 0 Å². The fourth-order valence-electron chi connectivity index (χ4n) is 1.92. The van der Waals surface area contributed by atoms with Crippen molar-refractivity contribution in [2.45, 2.75) is 6.61 Å². The first-order chi connectivity index (χ1) is 10.5. The molecule has 0 atom stereocenters. The zero-order valence-corrected chi connectivity index (χ0v) is 11.4. The molecular weight excluding hydrogens is 288 g/mol. The molecule has 0 amide bonds. The number of rotatable bonds is 2. The number of carbonyl (C=O) groups is 3. The second kappa shape index (κ2) is 6.53. The molecule has 0 unspecified atom stereocenters. The van der Waals surface area contributed by atoms with Crippen molar-refractivity contribution >= 4 is 17.9 Å². The van der Waals surface area contributed by atoms with Gasteiger partial charge in [-0.1, -0.05) is 30.3 Å². The van der Waals surface area contributed by atoms with E-state index in [1.807, 2.05) is 18.2 Å². The van der Waals surface area contributed by atoms with Gasteiger partial charge in [0.15, 0.2) is 0 Å². The van der Waals surface area contributed by atoms with Crippen LogP contribution < -0.4 is 0 Å². The van der Waals surface area contributed by atoms with Crippen LogP contribution in [0.4, 0.5) is 0 Å². The predicted octanol–water partition coefficient (Wildman–Crippen LogP) is 2.44. The zero-order chi connectivity index (χ0) is 16.1. The van der Waals surface area contributed by atoms with E-state index in [4.69, 9.17) is 14.9 Å². The van der Waals surface area contributed by atoms with E-state index in [-0.39, 0.29) is 17.1 Å². The zero-order valence-electron chi connectivity index (χ0n) is 11.4. The van der Waals surface area contributed by atoms with E-state index < -0.39 is 11.9 Å². The van der Waals surface area contributed by atoms with Gasteiger partial charge in [0.25, 0.3) is 0 Å². The van der Waals surface area contributed by atoms with E-state index in [0.29, 0.717) is 12.2 Å². The molecule has 6 nitrogen and oxygen atoms in total. The summed E-state index contributed by atoms with van der Waals surface area (Å²) in [6, 6.07) is 12.9. The van der Waals surface area contributed by atoms with Crippen molar-refractivity contribution in [1.29, 1.82) is 0 Å². The average Bonchev–Trinajstić information content (AvgIpc) is 2.90. The first-order valence-corrected chi connectivity index (χ1v) is 6.31. The summed E-state index contributed by atoms with van der Waals surface area (Å²) in [4.78, 5) is 31.8. The monoisotopic (exact) mass is 300 g/mol. The highest BCUT2D eigenvalue weighted by molar-refractivity contribution is 6.01. The van der Waals surface area contributed by atoms with Crippen LogP contribution in [0.2, 0.25) is 0 Å². The molecule has 3 rings (SSSR count). The van der Waals surface area contributed by atoms with Crippen LogP contribution in [-0.2, 0) is 11.3 Å². The van der Waals surface area contributed by atoms with Gasteiger partial charge in [0.1, 0.15) is 6.61 Å². The maximum atomic E-state index is 10.8. The van der Waals surface area contributed by atoms with Crippen LogP contribution in [0.1, 0.15) is 36.6 Å². The van der Waals surface area contributed by atoms with Gasteiger partial charge < -0.3 is 14.9 Å². The minimum Gasteiger partial charge on any atom is -0.478 e. The van der Waals surface area contributed by atoms with E-state index in [2.05, 4.69) is 0 Å². The second-order valence-corrected chi connectivity index (χ2v) is 4.39. The smallest absolute Gasteiger partial charge is 0.338 e. The third kappa shape index (κ3) is 3.29. The topological polar surface area (TPSA) is 101 Å². The first kappa shape index (κ1) is 15.2. The summed E-state index contributed by atoms with van der Waals surface area (Å²) in [7, 11) is 0. The van der Waals surface area contributed by atoms with Crippen molar-refractivity contribution in [3.05, 3.63) is 70.8 Å². The lowest BCUT2D eigenvalue weighted by Gasteiger charge is -1.98. The molecule has 22 heavy (non-hydrogen) atoms. The quantitative estimate of drug-likeness (QED) is 0.826. The highest BCUT2D eigenvalue weighted by atomic mass is 16.5. The molecule has 112 valence electrons. The van der Waals surface area contributed by atoms with E-state index in [9.17, 15) is 14.4 Å². The van der Waals surface area contributed by atoms with E-state index in [0.717, 1.165) is 5.56 Å². The van der Waals surface area contributed by atoms with Crippen LogP contribution in [0, 0.1) is 0 Å². The van der Waals surface area contributed by atoms with Crippen LogP contribution in [-0.4, -0.2) is 28.1 Å². The van der Waals surface area contributed by atoms with Gasteiger partial charge in [0, 0.05) is 5.56 Å². The van der Waals surface area contributed by atoms with Gasteiger partial charge >= 0.3 is 17.9 Å². The number of ether oxygens (including phenoxy) is 1. The molecule has 0 radical (unpaired) electrons. The number of esters is 1. The number of aromatic carboxylic acids is 2. The largest absolute Gasteiger partial charge is 0.478 e.